The van der Waals surface area contributed by atoms with Crippen molar-refractivity contribution in [1.82, 2.24) is 24.6 Å². The first-order valence-electron chi connectivity index (χ1n) is 10.6. The number of nitrogen functional groups attached to an aromatic ring is 1. The first-order valence-corrected chi connectivity index (χ1v) is 10.6. The number of hydrogen-bond acceptors (Lipinski definition) is 8. The molecule has 3 heterocycles. The molecule has 0 radical (unpaired) electrons. The molecule has 0 amide bonds. The van der Waals surface area contributed by atoms with Crippen molar-refractivity contribution in [3.63, 3.8) is 0 Å². The lowest BCUT2D eigenvalue weighted by Gasteiger charge is -2.41. The van der Waals surface area contributed by atoms with Gasteiger partial charge in [-0.15, -0.1) is 0 Å². The molecule has 0 aliphatic carbocycles. The van der Waals surface area contributed by atoms with E-state index in [9.17, 15) is 5.11 Å². The van der Waals surface area contributed by atoms with Crippen LogP contribution in [0.1, 0.15) is 41.3 Å². The van der Waals surface area contributed by atoms with E-state index in [4.69, 9.17) is 15.6 Å². The number of β-amino-alcohol motifs (C(OH)–C–C–N with tert-alkyl or cyclic N) is 1. The van der Waals surface area contributed by atoms with Crippen LogP contribution in [-0.4, -0.2) is 70.2 Å². The maximum atomic E-state index is 9.25. The Balaban J connectivity index is 1.83. The Bertz CT molecular complexity index is 1110. The zero-order chi connectivity index (χ0) is 22.3. The standard InChI is InChI=1S/C22H31N7O2/c1-12-8-16(14(3)29-22-17(13(2)27-29)21(23)25-11-26-22)20(31-5)18(19(12)24-4)15-9-28(10-15)6-7-30/h8,11,14-15,24,30H,6-7,9-10H2,1-5H3,(H2,23,25,26). The number of benzene rings is 1. The van der Waals surface area contributed by atoms with Crippen LogP contribution in [0.4, 0.5) is 11.5 Å². The van der Waals surface area contributed by atoms with E-state index in [0.717, 1.165) is 46.7 Å². The summed E-state index contributed by atoms with van der Waals surface area (Å²) >= 11 is 0. The molecule has 1 aliphatic heterocycles. The number of anilines is 2. The van der Waals surface area contributed by atoms with Crippen LogP contribution in [0.2, 0.25) is 0 Å². The number of nitrogens with zero attached hydrogens (tertiary/aromatic N) is 5. The summed E-state index contributed by atoms with van der Waals surface area (Å²) in [5.41, 5.74) is 12.1. The van der Waals surface area contributed by atoms with Crippen LogP contribution < -0.4 is 15.8 Å². The number of fused-ring (bicyclic) bond motifs is 1. The van der Waals surface area contributed by atoms with Gasteiger partial charge in [0.1, 0.15) is 17.9 Å². The molecular weight excluding hydrogens is 394 g/mol. The highest BCUT2D eigenvalue weighted by Gasteiger charge is 2.34. The summed E-state index contributed by atoms with van der Waals surface area (Å²) in [6.45, 7) is 8.81. The second-order valence-corrected chi connectivity index (χ2v) is 8.20. The Morgan fingerprint density at radius 3 is 2.71 bits per heavy atom. The van der Waals surface area contributed by atoms with Crippen molar-refractivity contribution in [2.45, 2.75) is 32.7 Å². The molecule has 9 nitrogen and oxygen atoms in total. The number of rotatable bonds is 7. The quantitative estimate of drug-likeness (QED) is 0.527. The number of aromatic nitrogens is 4. The van der Waals surface area contributed by atoms with E-state index < -0.39 is 0 Å². The predicted octanol–water partition coefficient (Wildman–Crippen LogP) is 2.08. The van der Waals surface area contributed by atoms with Gasteiger partial charge in [0.05, 0.1) is 30.8 Å². The molecule has 166 valence electrons. The van der Waals surface area contributed by atoms with Crippen LogP contribution in [-0.2, 0) is 0 Å². The van der Waals surface area contributed by atoms with Crippen molar-refractivity contribution in [2.75, 3.05) is 51.4 Å². The average Bonchev–Trinajstić information content (AvgIpc) is 3.07. The van der Waals surface area contributed by atoms with Crippen molar-refractivity contribution >= 4 is 22.5 Å². The van der Waals surface area contributed by atoms with E-state index in [1.54, 1.807) is 7.11 Å². The first kappa shape index (κ1) is 21.3. The summed E-state index contributed by atoms with van der Waals surface area (Å²) in [4.78, 5) is 10.8. The fourth-order valence-corrected chi connectivity index (χ4v) is 4.76. The smallest absolute Gasteiger partial charge is 0.164 e. The first-order chi connectivity index (χ1) is 14.9. The number of aliphatic hydroxyl groups is 1. The normalized spacial score (nSPS) is 15.8. The summed E-state index contributed by atoms with van der Waals surface area (Å²) in [7, 11) is 3.67. The number of ether oxygens (including phenoxy) is 1. The third-order valence-electron chi connectivity index (χ3n) is 6.29. The molecule has 1 saturated heterocycles. The van der Waals surface area contributed by atoms with Crippen LogP contribution in [0.25, 0.3) is 11.0 Å². The van der Waals surface area contributed by atoms with Crippen LogP contribution in [0, 0.1) is 13.8 Å². The van der Waals surface area contributed by atoms with Crippen molar-refractivity contribution in [3.05, 3.63) is 34.8 Å². The van der Waals surface area contributed by atoms with E-state index in [-0.39, 0.29) is 12.6 Å². The number of methoxy groups -OCH3 is 1. The number of likely N-dealkylation sites (tertiary alicyclic amines) is 1. The lowest BCUT2D eigenvalue weighted by atomic mass is 9.85. The lowest BCUT2D eigenvalue weighted by molar-refractivity contribution is 0.114. The highest BCUT2D eigenvalue weighted by molar-refractivity contribution is 5.88. The van der Waals surface area contributed by atoms with Gasteiger partial charge >= 0.3 is 0 Å². The van der Waals surface area contributed by atoms with Crippen LogP contribution in [0.5, 0.6) is 5.75 Å². The third kappa shape index (κ3) is 3.47. The minimum absolute atomic E-state index is 0.113. The second kappa shape index (κ2) is 8.32. The minimum atomic E-state index is -0.113. The minimum Gasteiger partial charge on any atom is -0.496 e. The van der Waals surface area contributed by atoms with Crippen molar-refractivity contribution in [3.8, 4) is 5.75 Å². The number of nitrogens with one attached hydrogen (secondary N) is 1. The molecule has 0 spiro atoms. The molecule has 0 bridgehead atoms. The zero-order valence-corrected chi connectivity index (χ0v) is 18.8. The van der Waals surface area contributed by atoms with Gasteiger partial charge in [-0.3, -0.25) is 4.90 Å². The van der Waals surface area contributed by atoms with Gasteiger partial charge in [-0.2, -0.15) is 5.10 Å². The second-order valence-electron chi connectivity index (χ2n) is 8.20. The summed E-state index contributed by atoms with van der Waals surface area (Å²) in [5, 5.41) is 18.2. The third-order valence-corrected chi connectivity index (χ3v) is 6.29. The molecule has 9 heteroatoms. The topological polar surface area (TPSA) is 114 Å². The molecule has 1 atom stereocenters. The Morgan fingerprint density at radius 1 is 1.32 bits per heavy atom. The Hall–Kier alpha value is -2.91. The van der Waals surface area contributed by atoms with E-state index in [2.05, 4.69) is 40.1 Å². The van der Waals surface area contributed by atoms with Gasteiger partial charge in [0.2, 0.25) is 0 Å². The van der Waals surface area contributed by atoms with Gasteiger partial charge < -0.3 is 20.9 Å². The molecule has 31 heavy (non-hydrogen) atoms. The van der Waals surface area contributed by atoms with Gasteiger partial charge in [-0.25, -0.2) is 14.6 Å². The van der Waals surface area contributed by atoms with Crippen molar-refractivity contribution < 1.29 is 9.84 Å². The Morgan fingerprint density at radius 2 is 2.06 bits per heavy atom. The molecule has 1 aromatic carbocycles. The van der Waals surface area contributed by atoms with Gasteiger partial charge in [0, 0.05) is 49.4 Å². The maximum absolute atomic E-state index is 9.25. The molecule has 1 aliphatic rings. The Labute approximate surface area is 182 Å². The number of nitrogens with two attached hydrogens (primary N) is 1. The lowest BCUT2D eigenvalue weighted by Crippen LogP contribution is -2.46. The van der Waals surface area contributed by atoms with Crippen LogP contribution in [0.3, 0.4) is 0 Å². The molecule has 4 N–H and O–H groups in total. The maximum Gasteiger partial charge on any atom is 0.164 e. The van der Waals surface area contributed by atoms with Gasteiger partial charge in [0.15, 0.2) is 5.65 Å². The molecule has 3 aromatic rings. The fraction of sp³-hybridized carbons (Fsp3) is 0.500. The SMILES string of the molecule is CNc1c(C)cc(C(C)n2nc(C)c3c(N)ncnc32)c(OC)c1C1CN(CCO)C1. The van der Waals surface area contributed by atoms with E-state index in [1.807, 2.05) is 18.7 Å². The molecule has 1 unspecified atom stereocenters. The van der Waals surface area contributed by atoms with Crippen molar-refractivity contribution in [1.29, 1.82) is 0 Å². The molecular formula is C22H31N7O2. The number of aliphatic hydroxyl groups excluding tert-OH is 1. The largest absolute Gasteiger partial charge is 0.496 e. The van der Waals surface area contributed by atoms with Crippen LogP contribution >= 0.6 is 0 Å². The number of aryl methyl sites for hydroxylation is 2. The van der Waals surface area contributed by atoms with Gasteiger partial charge in [-0.05, 0) is 32.4 Å². The monoisotopic (exact) mass is 425 g/mol. The number of hydrogen-bond donors (Lipinski definition) is 3. The Kier molecular flexibility index (Phi) is 5.72. The van der Waals surface area contributed by atoms with Crippen molar-refractivity contribution in [2.24, 2.45) is 0 Å². The summed E-state index contributed by atoms with van der Waals surface area (Å²) < 4.78 is 7.91. The van der Waals surface area contributed by atoms with E-state index >= 15 is 0 Å². The summed E-state index contributed by atoms with van der Waals surface area (Å²) in [6, 6.07) is 2.05. The van der Waals surface area contributed by atoms with Gasteiger partial charge in [-0.1, -0.05) is 0 Å². The highest BCUT2D eigenvalue weighted by Crippen LogP contribution is 2.45. The molecule has 4 rings (SSSR count). The van der Waals surface area contributed by atoms with E-state index in [1.165, 1.54) is 11.9 Å². The molecule has 2 aromatic heterocycles. The average molecular weight is 426 g/mol. The molecule has 0 saturated carbocycles. The van der Waals surface area contributed by atoms with Gasteiger partial charge in [0.25, 0.3) is 0 Å². The highest BCUT2D eigenvalue weighted by atomic mass is 16.5. The zero-order valence-electron chi connectivity index (χ0n) is 18.8. The fourth-order valence-electron chi connectivity index (χ4n) is 4.76. The predicted molar refractivity (Wildman–Crippen MR) is 122 cm³/mol. The van der Waals surface area contributed by atoms with Crippen LogP contribution in [0.15, 0.2) is 12.4 Å². The van der Waals surface area contributed by atoms with E-state index in [0.29, 0.717) is 23.9 Å². The summed E-state index contributed by atoms with van der Waals surface area (Å²) in [5.74, 6) is 1.65. The summed E-state index contributed by atoms with van der Waals surface area (Å²) in [6.07, 6.45) is 1.48. The molecule has 1 fully saturated rings.